The summed E-state index contributed by atoms with van der Waals surface area (Å²) in [6, 6.07) is 1.70. The van der Waals surface area contributed by atoms with E-state index in [1.807, 2.05) is 4.90 Å². The van der Waals surface area contributed by atoms with Crippen molar-refractivity contribution in [2.45, 2.75) is 20.3 Å². The number of nitrogens with one attached hydrogen (secondary N) is 1. The van der Waals surface area contributed by atoms with Crippen molar-refractivity contribution in [1.29, 1.82) is 0 Å². The van der Waals surface area contributed by atoms with Gasteiger partial charge in [-0.05, 0) is 24.3 Å². The lowest BCUT2D eigenvalue weighted by molar-refractivity contribution is 0.0779. The Kier molecular flexibility index (Phi) is 2.90. The molecule has 1 fully saturated rings. The van der Waals surface area contributed by atoms with E-state index in [1.54, 1.807) is 12.3 Å². The fourth-order valence-corrected chi connectivity index (χ4v) is 2.22. The van der Waals surface area contributed by atoms with E-state index < -0.39 is 0 Å². The number of aromatic nitrogens is 1. The molecule has 0 spiro atoms. The molecule has 0 radical (unpaired) electrons. The third-order valence-corrected chi connectivity index (χ3v) is 3.39. The van der Waals surface area contributed by atoms with Crippen LogP contribution in [-0.2, 0) is 0 Å². The quantitative estimate of drug-likeness (QED) is 0.798. The highest BCUT2D eigenvalue weighted by molar-refractivity contribution is 5.93. The van der Waals surface area contributed by atoms with E-state index in [0.29, 0.717) is 23.2 Å². The average Bonchev–Trinajstić information content (AvgIpc) is 2.84. The molecule has 1 saturated heterocycles. The number of hydrogen-bond donors (Lipinski definition) is 2. The van der Waals surface area contributed by atoms with Crippen LogP contribution in [0.5, 0.6) is 0 Å². The first-order valence-electron chi connectivity index (χ1n) is 5.81. The van der Waals surface area contributed by atoms with Gasteiger partial charge in [0.05, 0.1) is 0 Å². The maximum Gasteiger partial charge on any atom is 0.270 e. The second kappa shape index (κ2) is 4.20. The molecule has 1 aromatic rings. The molecule has 3 N–H and O–H groups in total. The smallest absolute Gasteiger partial charge is 0.270 e. The number of hydrogen-bond acceptors (Lipinski definition) is 2. The molecule has 1 unspecified atom stereocenters. The molecule has 2 rings (SSSR count). The Morgan fingerprint density at radius 3 is 2.88 bits per heavy atom. The molecule has 0 saturated carbocycles. The summed E-state index contributed by atoms with van der Waals surface area (Å²) in [4.78, 5) is 16.9. The van der Waals surface area contributed by atoms with E-state index >= 15 is 0 Å². The van der Waals surface area contributed by atoms with Crippen molar-refractivity contribution in [3.8, 4) is 0 Å². The molecule has 0 aliphatic carbocycles. The van der Waals surface area contributed by atoms with E-state index in [-0.39, 0.29) is 5.91 Å². The van der Waals surface area contributed by atoms with Gasteiger partial charge in [-0.3, -0.25) is 4.79 Å². The summed E-state index contributed by atoms with van der Waals surface area (Å²) in [5.74, 6) is 1.35. The number of aromatic amines is 1. The van der Waals surface area contributed by atoms with Crippen molar-refractivity contribution in [3.63, 3.8) is 0 Å². The first-order chi connectivity index (χ1) is 7.58. The molecule has 0 bridgehead atoms. The number of carbonyl (C=O) groups excluding carboxylic acids is 1. The molecule has 88 valence electrons. The predicted octanol–water partition coefficient (Wildman–Crippen LogP) is 1.71. The zero-order valence-electron chi connectivity index (χ0n) is 9.86. The number of nitrogens with zero attached hydrogens (tertiary/aromatic N) is 1. The fraction of sp³-hybridized carbons (Fsp3) is 0.583. The monoisotopic (exact) mass is 221 g/mol. The fourth-order valence-electron chi connectivity index (χ4n) is 2.22. The third kappa shape index (κ3) is 2.05. The van der Waals surface area contributed by atoms with Gasteiger partial charge in [0.25, 0.3) is 5.91 Å². The van der Waals surface area contributed by atoms with Crippen LogP contribution in [0.3, 0.4) is 0 Å². The van der Waals surface area contributed by atoms with Crippen molar-refractivity contribution in [3.05, 3.63) is 18.0 Å². The van der Waals surface area contributed by atoms with E-state index in [9.17, 15) is 4.79 Å². The highest BCUT2D eigenvalue weighted by Gasteiger charge is 2.28. The van der Waals surface area contributed by atoms with Crippen LogP contribution < -0.4 is 5.73 Å². The summed E-state index contributed by atoms with van der Waals surface area (Å²) in [7, 11) is 0. The van der Waals surface area contributed by atoms with Crippen LogP contribution in [0, 0.1) is 11.8 Å². The molecule has 0 aromatic carbocycles. The number of amides is 1. The molecule has 2 heterocycles. The second-order valence-corrected chi connectivity index (χ2v) is 4.89. The normalized spacial score (nSPS) is 20.7. The number of carbonyl (C=O) groups is 1. The number of nitrogen functional groups attached to an aromatic ring is 1. The van der Waals surface area contributed by atoms with Crippen LogP contribution in [0.25, 0.3) is 0 Å². The van der Waals surface area contributed by atoms with E-state index in [4.69, 9.17) is 5.73 Å². The summed E-state index contributed by atoms with van der Waals surface area (Å²) in [5, 5.41) is 0. The average molecular weight is 221 g/mol. The number of likely N-dealkylation sites (tertiary alicyclic amines) is 1. The summed E-state index contributed by atoms with van der Waals surface area (Å²) >= 11 is 0. The number of nitrogens with two attached hydrogens (primary N) is 1. The van der Waals surface area contributed by atoms with Crippen LogP contribution in [0.2, 0.25) is 0 Å². The summed E-state index contributed by atoms with van der Waals surface area (Å²) in [6.45, 7) is 6.16. The molecule has 4 nitrogen and oxygen atoms in total. The second-order valence-electron chi connectivity index (χ2n) is 4.89. The van der Waals surface area contributed by atoms with Crippen molar-refractivity contribution in [2.75, 3.05) is 18.8 Å². The maximum atomic E-state index is 12.1. The van der Waals surface area contributed by atoms with Gasteiger partial charge in [0.15, 0.2) is 0 Å². The van der Waals surface area contributed by atoms with Gasteiger partial charge >= 0.3 is 0 Å². The Morgan fingerprint density at radius 1 is 1.62 bits per heavy atom. The minimum absolute atomic E-state index is 0.0693. The van der Waals surface area contributed by atoms with Gasteiger partial charge in [-0.25, -0.2) is 0 Å². The van der Waals surface area contributed by atoms with Crippen LogP contribution in [0.1, 0.15) is 30.8 Å². The Morgan fingerprint density at radius 2 is 2.38 bits per heavy atom. The first kappa shape index (κ1) is 11.0. The molecular weight excluding hydrogens is 202 g/mol. The topological polar surface area (TPSA) is 62.1 Å². The lowest BCUT2D eigenvalue weighted by atomic mass is 9.95. The first-order valence-corrected chi connectivity index (χ1v) is 5.81. The molecule has 1 amide bonds. The van der Waals surface area contributed by atoms with Crippen molar-refractivity contribution in [2.24, 2.45) is 11.8 Å². The lowest BCUT2D eigenvalue weighted by Crippen LogP contribution is -2.29. The molecule has 16 heavy (non-hydrogen) atoms. The van der Waals surface area contributed by atoms with Crippen LogP contribution >= 0.6 is 0 Å². The van der Waals surface area contributed by atoms with Crippen LogP contribution in [0.4, 0.5) is 5.69 Å². The molecule has 1 aromatic heterocycles. The number of H-pyrrole nitrogens is 1. The number of rotatable bonds is 2. The standard InChI is InChI=1S/C12H19N3O/c1-8(2)9-3-4-15(7-9)12(16)11-5-10(13)6-14-11/h5-6,8-9,14H,3-4,7,13H2,1-2H3. The SMILES string of the molecule is CC(C)C1CCN(C(=O)c2cc(N)c[nH]2)C1. The highest BCUT2D eigenvalue weighted by atomic mass is 16.2. The van der Waals surface area contributed by atoms with Gasteiger partial charge in [0.2, 0.25) is 0 Å². The van der Waals surface area contributed by atoms with Gasteiger partial charge in [-0.2, -0.15) is 0 Å². The van der Waals surface area contributed by atoms with Gasteiger partial charge in [-0.1, -0.05) is 13.8 Å². The van der Waals surface area contributed by atoms with Gasteiger partial charge in [0.1, 0.15) is 5.69 Å². The predicted molar refractivity (Wildman–Crippen MR) is 64.1 cm³/mol. The Bertz CT molecular complexity index is 383. The Hall–Kier alpha value is -1.45. The van der Waals surface area contributed by atoms with Gasteiger partial charge < -0.3 is 15.6 Å². The summed E-state index contributed by atoms with van der Waals surface area (Å²) in [5.41, 5.74) is 6.80. The van der Waals surface area contributed by atoms with Crippen LogP contribution in [0.15, 0.2) is 12.3 Å². The van der Waals surface area contributed by atoms with Gasteiger partial charge in [0, 0.05) is 25.0 Å². The Balaban J connectivity index is 2.02. The highest BCUT2D eigenvalue weighted by Crippen LogP contribution is 2.24. The largest absolute Gasteiger partial charge is 0.397 e. The molecule has 1 aliphatic rings. The van der Waals surface area contributed by atoms with Crippen molar-refractivity contribution < 1.29 is 4.79 Å². The van der Waals surface area contributed by atoms with Crippen LogP contribution in [-0.4, -0.2) is 28.9 Å². The Labute approximate surface area is 95.8 Å². The van der Waals surface area contributed by atoms with Crippen molar-refractivity contribution >= 4 is 11.6 Å². The summed E-state index contributed by atoms with van der Waals surface area (Å²) in [6.07, 6.45) is 2.77. The minimum atomic E-state index is 0.0693. The molecule has 1 aliphatic heterocycles. The molecular formula is C12H19N3O. The number of anilines is 1. The maximum absolute atomic E-state index is 12.1. The van der Waals surface area contributed by atoms with Gasteiger partial charge in [-0.15, -0.1) is 0 Å². The zero-order valence-corrected chi connectivity index (χ0v) is 9.86. The lowest BCUT2D eigenvalue weighted by Gasteiger charge is -2.17. The van der Waals surface area contributed by atoms with E-state index in [2.05, 4.69) is 18.8 Å². The van der Waals surface area contributed by atoms with Crippen molar-refractivity contribution in [1.82, 2.24) is 9.88 Å². The molecule has 4 heteroatoms. The van der Waals surface area contributed by atoms with E-state index in [1.165, 1.54) is 0 Å². The van der Waals surface area contributed by atoms with E-state index in [0.717, 1.165) is 19.5 Å². The summed E-state index contributed by atoms with van der Waals surface area (Å²) < 4.78 is 0. The minimum Gasteiger partial charge on any atom is -0.397 e. The molecule has 1 atom stereocenters. The zero-order chi connectivity index (χ0) is 11.7. The third-order valence-electron chi connectivity index (χ3n) is 3.39.